The molecule has 0 saturated carbocycles. The van der Waals surface area contributed by atoms with Crippen LogP contribution in [-0.4, -0.2) is 24.9 Å². The molecular weight excluding hydrogens is 252 g/mol. The predicted octanol–water partition coefficient (Wildman–Crippen LogP) is 3.66. The first-order chi connectivity index (χ1) is 8.96. The summed E-state index contributed by atoms with van der Waals surface area (Å²) in [6.07, 6.45) is 1.68. The van der Waals surface area contributed by atoms with Crippen molar-refractivity contribution in [3.63, 3.8) is 0 Å². The number of hydrogen-bond donors (Lipinski definition) is 1. The third-order valence-corrected chi connectivity index (χ3v) is 3.16. The van der Waals surface area contributed by atoms with E-state index in [0.717, 1.165) is 12.8 Å². The Kier molecular flexibility index (Phi) is 4.24. The van der Waals surface area contributed by atoms with Crippen LogP contribution in [0.25, 0.3) is 0 Å². The first kappa shape index (κ1) is 14.1. The Morgan fingerprint density at radius 1 is 1.37 bits per heavy atom. The lowest BCUT2D eigenvalue weighted by molar-refractivity contribution is -0.0563. The third kappa shape index (κ3) is 4.06. The zero-order valence-corrected chi connectivity index (χ0v) is 11.2. The van der Waals surface area contributed by atoms with E-state index in [1.54, 1.807) is 24.3 Å². The number of rotatable bonds is 4. The normalized spacial score (nSPS) is 22.3. The molecule has 19 heavy (non-hydrogen) atoms. The zero-order valence-electron chi connectivity index (χ0n) is 11.2. The van der Waals surface area contributed by atoms with Crippen LogP contribution < -0.4 is 10.1 Å². The van der Waals surface area contributed by atoms with Crippen LogP contribution in [0, 0.1) is 0 Å². The molecule has 1 saturated heterocycles. The van der Waals surface area contributed by atoms with Crippen molar-refractivity contribution in [2.24, 2.45) is 0 Å². The van der Waals surface area contributed by atoms with Gasteiger partial charge in [0.2, 0.25) is 0 Å². The summed E-state index contributed by atoms with van der Waals surface area (Å²) in [4.78, 5) is 0. The van der Waals surface area contributed by atoms with Crippen LogP contribution in [0.3, 0.4) is 0 Å². The Balaban J connectivity index is 2.06. The lowest BCUT2D eigenvalue weighted by Crippen LogP contribution is -2.40. The Morgan fingerprint density at radius 2 is 2.11 bits per heavy atom. The average molecular weight is 271 g/mol. The lowest BCUT2D eigenvalue weighted by atomic mass is 9.94. The van der Waals surface area contributed by atoms with Gasteiger partial charge in [-0.2, -0.15) is 8.78 Å². The monoisotopic (exact) mass is 271 g/mol. The lowest BCUT2D eigenvalue weighted by Gasteiger charge is -2.36. The number of hydrogen-bond acceptors (Lipinski definition) is 3. The zero-order chi connectivity index (χ0) is 13.9. The molecule has 0 aromatic heterocycles. The Bertz CT molecular complexity index is 424. The van der Waals surface area contributed by atoms with Gasteiger partial charge in [-0.3, -0.25) is 0 Å². The fraction of sp³-hybridized carbons (Fsp3) is 0.571. The Morgan fingerprint density at radius 3 is 2.79 bits per heavy atom. The molecule has 0 aliphatic carbocycles. The maximum atomic E-state index is 12.3. The number of anilines is 1. The molecule has 1 N–H and O–H groups in total. The van der Waals surface area contributed by atoms with E-state index in [0.29, 0.717) is 12.3 Å². The van der Waals surface area contributed by atoms with E-state index in [1.165, 1.54) is 0 Å². The first-order valence-corrected chi connectivity index (χ1v) is 6.41. The van der Waals surface area contributed by atoms with E-state index in [1.807, 2.05) is 13.8 Å². The summed E-state index contributed by atoms with van der Waals surface area (Å²) < 4.78 is 34.8. The second-order valence-electron chi connectivity index (χ2n) is 5.32. The Labute approximate surface area is 111 Å². The highest BCUT2D eigenvalue weighted by Crippen LogP contribution is 2.30. The number of halogens is 2. The van der Waals surface area contributed by atoms with Crippen LogP contribution >= 0.6 is 0 Å². The molecule has 1 unspecified atom stereocenters. The maximum absolute atomic E-state index is 12.3. The van der Waals surface area contributed by atoms with Crippen molar-refractivity contribution in [2.45, 2.75) is 44.9 Å². The van der Waals surface area contributed by atoms with E-state index >= 15 is 0 Å². The molecule has 5 heteroatoms. The van der Waals surface area contributed by atoms with Gasteiger partial charge < -0.3 is 14.8 Å². The van der Waals surface area contributed by atoms with E-state index in [2.05, 4.69) is 10.1 Å². The highest BCUT2D eigenvalue weighted by atomic mass is 19.3. The van der Waals surface area contributed by atoms with Crippen LogP contribution in [0.2, 0.25) is 0 Å². The fourth-order valence-corrected chi connectivity index (χ4v) is 2.36. The summed E-state index contributed by atoms with van der Waals surface area (Å²) in [5.74, 6) is 0.182. The molecule has 1 fully saturated rings. The van der Waals surface area contributed by atoms with Gasteiger partial charge in [-0.1, -0.05) is 12.1 Å². The molecule has 1 heterocycles. The minimum absolute atomic E-state index is 0.182. The molecule has 1 aromatic carbocycles. The topological polar surface area (TPSA) is 30.5 Å². The van der Waals surface area contributed by atoms with Crippen molar-refractivity contribution >= 4 is 5.69 Å². The van der Waals surface area contributed by atoms with Gasteiger partial charge >= 0.3 is 6.61 Å². The summed E-state index contributed by atoms with van der Waals surface area (Å²) in [6, 6.07) is 6.97. The summed E-state index contributed by atoms with van der Waals surface area (Å²) in [7, 11) is 0. The first-order valence-electron chi connectivity index (χ1n) is 6.41. The van der Waals surface area contributed by atoms with Gasteiger partial charge in [0.1, 0.15) is 5.75 Å². The number of ether oxygens (including phenoxy) is 2. The van der Waals surface area contributed by atoms with E-state index in [9.17, 15) is 8.78 Å². The molecular formula is C14H19F2NO2. The van der Waals surface area contributed by atoms with Crippen molar-refractivity contribution in [2.75, 3.05) is 11.9 Å². The molecule has 0 bridgehead atoms. The molecule has 0 spiro atoms. The molecule has 3 nitrogen and oxygen atoms in total. The fourth-order valence-electron chi connectivity index (χ4n) is 2.36. The largest absolute Gasteiger partial charge is 0.433 e. The smallest absolute Gasteiger partial charge is 0.387 e. The molecule has 1 atom stereocenters. The average Bonchev–Trinajstić information content (AvgIpc) is 2.30. The summed E-state index contributed by atoms with van der Waals surface area (Å²) in [6.45, 7) is 1.92. The highest BCUT2D eigenvalue weighted by Gasteiger charge is 2.29. The second-order valence-corrected chi connectivity index (χ2v) is 5.32. The van der Waals surface area contributed by atoms with Crippen LogP contribution in [0.15, 0.2) is 24.3 Å². The van der Waals surface area contributed by atoms with Gasteiger partial charge in [0.15, 0.2) is 0 Å². The number of nitrogens with one attached hydrogen (secondary N) is 1. The second kappa shape index (κ2) is 5.74. The summed E-state index contributed by atoms with van der Waals surface area (Å²) in [5, 5.41) is 3.27. The van der Waals surface area contributed by atoms with Gasteiger partial charge in [0.25, 0.3) is 0 Å². The van der Waals surface area contributed by atoms with Gasteiger partial charge in [0, 0.05) is 12.6 Å². The minimum Gasteiger partial charge on any atom is -0.433 e. The molecule has 1 aromatic rings. The number of benzene rings is 1. The molecule has 1 aliphatic rings. The number of para-hydroxylation sites is 2. The standard InChI is InChI=1S/C14H19F2NO2/c1-14(2)9-10(7-8-18-14)17-11-5-3-4-6-12(11)19-13(15)16/h3-6,10,13,17H,7-9H2,1-2H3. The number of alkyl halides is 2. The molecule has 0 radical (unpaired) electrons. The maximum Gasteiger partial charge on any atom is 0.387 e. The van der Waals surface area contributed by atoms with Gasteiger partial charge in [0.05, 0.1) is 11.3 Å². The predicted molar refractivity (Wildman–Crippen MR) is 69.7 cm³/mol. The van der Waals surface area contributed by atoms with Crippen molar-refractivity contribution in [1.29, 1.82) is 0 Å². The SMILES string of the molecule is CC1(C)CC(Nc2ccccc2OC(F)F)CCO1. The highest BCUT2D eigenvalue weighted by molar-refractivity contribution is 5.56. The van der Waals surface area contributed by atoms with Crippen molar-refractivity contribution < 1.29 is 18.3 Å². The van der Waals surface area contributed by atoms with Gasteiger partial charge in [-0.15, -0.1) is 0 Å². The molecule has 0 amide bonds. The van der Waals surface area contributed by atoms with Crippen LogP contribution in [0.5, 0.6) is 5.75 Å². The van der Waals surface area contributed by atoms with Gasteiger partial charge in [-0.25, -0.2) is 0 Å². The van der Waals surface area contributed by atoms with Crippen LogP contribution in [0.1, 0.15) is 26.7 Å². The van der Waals surface area contributed by atoms with Crippen molar-refractivity contribution in [3.05, 3.63) is 24.3 Å². The van der Waals surface area contributed by atoms with Crippen molar-refractivity contribution in [3.8, 4) is 5.75 Å². The summed E-state index contributed by atoms with van der Waals surface area (Å²) >= 11 is 0. The molecule has 1 aliphatic heterocycles. The molecule has 106 valence electrons. The van der Waals surface area contributed by atoms with E-state index < -0.39 is 6.61 Å². The van der Waals surface area contributed by atoms with E-state index in [-0.39, 0.29) is 17.4 Å². The van der Waals surface area contributed by atoms with Crippen LogP contribution in [0.4, 0.5) is 14.5 Å². The van der Waals surface area contributed by atoms with Crippen LogP contribution in [-0.2, 0) is 4.74 Å². The Hall–Kier alpha value is -1.36. The molecule has 2 rings (SSSR count). The quantitative estimate of drug-likeness (QED) is 0.906. The van der Waals surface area contributed by atoms with Crippen molar-refractivity contribution in [1.82, 2.24) is 0 Å². The third-order valence-electron chi connectivity index (χ3n) is 3.16. The minimum atomic E-state index is -2.81. The summed E-state index contributed by atoms with van der Waals surface area (Å²) in [5.41, 5.74) is 0.416. The van der Waals surface area contributed by atoms with Gasteiger partial charge in [-0.05, 0) is 38.8 Å². The van der Waals surface area contributed by atoms with E-state index in [4.69, 9.17) is 4.74 Å².